The van der Waals surface area contributed by atoms with E-state index in [1.54, 1.807) is 5.57 Å². The summed E-state index contributed by atoms with van der Waals surface area (Å²) in [4.78, 5) is 0. The molecule has 4 fully saturated rings. The zero-order valence-electron chi connectivity index (χ0n) is 18.8. The average molecular weight is 399 g/mol. The van der Waals surface area contributed by atoms with Gasteiger partial charge < -0.3 is 10.2 Å². The predicted molar refractivity (Wildman–Crippen MR) is 120 cm³/mol. The quantitative estimate of drug-likeness (QED) is 0.541. The van der Waals surface area contributed by atoms with Crippen molar-refractivity contribution >= 4 is 0 Å². The monoisotopic (exact) mass is 398 g/mol. The van der Waals surface area contributed by atoms with Crippen molar-refractivity contribution in [3.8, 4) is 0 Å². The number of rotatable bonds is 5. The van der Waals surface area contributed by atoms with Crippen LogP contribution in [0.5, 0.6) is 0 Å². The highest BCUT2D eigenvalue weighted by atomic mass is 16.3. The van der Waals surface area contributed by atoms with Gasteiger partial charge in [0, 0.05) is 5.92 Å². The molecule has 4 aliphatic rings. The van der Waals surface area contributed by atoms with Gasteiger partial charge in [-0.05, 0) is 93.3 Å². The van der Waals surface area contributed by atoms with Crippen LogP contribution < -0.4 is 0 Å². The van der Waals surface area contributed by atoms with Crippen LogP contribution >= 0.6 is 0 Å². The van der Waals surface area contributed by atoms with Crippen molar-refractivity contribution in [3.63, 3.8) is 0 Å². The smallest absolute Gasteiger partial charge is 0.0749 e. The van der Waals surface area contributed by atoms with Crippen LogP contribution in [0.4, 0.5) is 0 Å². The molecule has 0 aromatic heterocycles. The Morgan fingerprint density at radius 2 is 1.69 bits per heavy atom. The molecular formula is C27H42O2. The second-order valence-electron chi connectivity index (χ2n) is 10.9. The molecule has 4 unspecified atom stereocenters. The van der Waals surface area contributed by atoms with E-state index in [0.717, 1.165) is 25.2 Å². The van der Waals surface area contributed by atoms with Crippen LogP contribution in [0.1, 0.15) is 85.0 Å². The van der Waals surface area contributed by atoms with E-state index in [-0.39, 0.29) is 12.2 Å². The van der Waals surface area contributed by atoms with Gasteiger partial charge in [0.25, 0.3) is 0 Å². The molecule has 4 aliphatic carbocycles. The number of allylic oxidation sites excluding steroid dienone is 4. The van der Waals surface area contributed by atoms with Crippen molar-refractivity contribution in [1.29, 1.82) is 0 Å². The zero-order valence-corrected chi connectivity index (χ0v) is 18.8. The predicted octanol–water partition coefficient (Wildman–Crippen LogP) is 6.20. The second kappa shape index (κ2) is 8.71. The van der Waals surface area contributed by atoms with E-state index in [1.165, 1.54) is 50.5 Å². The first-order chi connectivity index (χ1) is 13.9. The van der Waals surface area contributed by atoms with Crippen LogP contribution in [0.3, 0.4) is 0 Å². The molecule has 4 saturated carbocycles. The van der Waals surface area contributed by atoms with Gasteiger partial charge in [0.15, 0.2) is 0 Å². The van der Waals surface area contributed by atoms with Gasteiger partial charge in [-0.25, -0.2) is 0 Å². The topological polar surface area (TPSA) is 40.5 Å². The summed E-state index contributed by atoms with van der Waals surface area (Å²) in [5.74, 6) is 2.83. The maximum absolute atomic E-state index is 10.2. The number of fused-ring (bicyclic) bond motifs is 1. The molecule has 0 bridgehead atoms. The van der Waals surface area contributed by atoms with Gasteiger partial charge in [-0.2, -0.15) is 0 Å². The lowest BCUT2D eigenvalue weighted by Gasteiger charge is -2.44. The van der Waals surface area contributed by atoms with Crippen LogP contribution in [0.2, 0.25) is 0 Å². The standard InChI is InChI=1S/C27H42O2/c1-18(9-16-26(29)22-12-13-22)23-14-15-24-21(7-5-17-27(23,24)3)11-10-20-6-4-8-25(28)19(20)2/h9-11,16,18-19,22-26,28-29H,4-8,12-15,17H2,1-3H3/b16-9+,20-10-,21-11+/t18-,19?,23?,24?,25-,26?,27+/m0/s1. The highest BCUT2D eigenvalue weighted by molar-refractivity contribution is 5.27. The summed E-state index contributed by atoms with van der Waals surface area (Å²) in [5, 5.41) is 20.4. The molecule has 2 heteroatoms. The van der Waals surface area contributed by atoms with E-state index in [4.69, 9.17) is 0 Å². The van der Waals surface area contributed by atoms with Gasteiger partial charge in [0.2, 0.25) is 0 Å². The third kappa shape index (κ3) is 4.44. The maximum Gasteiger partial charge on any atom is 0.0749 e. The van der Waals surface area contributed by atoms with Gasteiger partial charge in [-0.1, -0.05) is 56.2 Å². The molecule has 0 saturated heterocycles. The molecule has 7 atom stereocenters. The van der Waals surface area contributed by atoms with Crippen LogP contribution in [0.25, 0.3) is 0 Å². The van der Waals surface area contributed by atoms with E-state index in [1.807, 2.05) is 0 Å². The first-order valence-corrected chi connectivity index (χ1v) is 12.3. The molecule has 0 aromatic carbocycles. The Balaban J connectivity index is 1.47. The third-order valence-electron chi connectivity index (χ3n) is 9.03. The van der Waals surface area contributed by atoms with Crippen molar-refractivity contribution in [2.45, 2.75) is 97.2 Å². The third-order valence-corrected chi connectivity index (χ3v) is 9.03. The van der Waals surface area contributed by atoms with Gasteiger partial charge in [-0.15, -0.1) is 0 Å². The fourth-order valence-electron chi connectivity index (χ4n) is 6.85. The van der Waals surface area contributed by atoms with Crippen LogP contribution in [-0.2, 0) is 0 Å². The Labute approximate surface area is 178 Å². The van der Waals surface area contributed by atoms with Crippen molar-refractivity contribution in [3.05, 3.63) is 35.5 Å². The molecule has 29 heavy (non-hydrogen) atoms. The van der Waals surface area contributed by atoms with E-state index in [2.05, 4.69) is 45.1 Å². The molecule has 2 N–H and O–H groups in total. The largest absolute Gasteiger partial charge is 0.393 e. The second-order valence-corrected chi connectivity index (χ2v) is 10.9. The van der Waals surface area contributed by atoms with Crippen LogP contribution in [0.15, 0.2) is 35.5 Å². The molecule has 0 radical (unpaired) electrons. The molecule has 0 amide bonds. The average Bonchev–Trinajstić information content (AvgIpc) is 3.48. The zero-order chi connectivity index (χ0) is 20.6. The summed E-state index contributed by atoms with van der Waals surface area (Å²) >= 11 is 0. The SMILES string of the molecule is CC1/C(=C\C=C2/CCC[C@@]3(C)C2CCC3[C@@H](C)/C=C/C(O)C2CC2)CCC[C@@H]1O. The van der Waals surface area contributed by atoms with Gasteiger partial charge >= 0.3 is 0 Å². The Morgan fingerprint density at radius 3 is 2.45 bits per heavy atom. The summed E-state index contributed by atoms with van der Waals surface area (Å²) < 4.78 is 0. The van der Waals surface area contributed by atoms with E-state index in [0.29, 0.717) is 29.1 Å². The van der Waals surface area contributed by atoms with Crippen molar-refractivity contribution in [2.24, 2.45) is 35.0 Å². The molecule has 0 aromatic rings. The minimum atomic E-state index is -0.219. The fraction of sp³-hybridized carbons (Fsp3) is 0.778. The van der Waals surface area contributed by atoms with Crippen LogP contribution in [0, 0.1) is 35.0 Å². The first kappa shape index (κ1) is 21.4. The Morgan fingerprint density at radius 1 is 0.966 bits per heavy atom. The van der Waals surface area contributed by atoms with E-state index < -0.39 is 0 Å². The van der Waals surface area contributed by atoms with Gasteiger partial charge in [0.1, 0.15) is 0 Å². The minimum absolute atomic E-state index is 0.153. The lowest BCUT2D eigenvalue weighted by molar-refractivity contribution is 0.106. The molecule has 0 aliphatic heterocycles. The first-order valence-electron chi connectivity index (χ1n) is 12.3. The fourth-order valence-corrected chi connectivity index (χ4v) is 6.85. The summed E-state index contributed by atoms with van der Waals surface area (Å²) in [6, 6.07) is 0. The normalized spacial score (nSPS) is 43.1. The lowest BCUT2D eigenvalue weighted by atomic mass is 9.61. The van der Waals surface area contributed by atoms with Crippen molar-refractivity contribution in [1.82, 2.24) is 0 Å². The van der Waals surface area contributed by atoms with Gasteiger partial charge in [0.05, 0.1) is 12.2 Å². The summed E-state index contributed by atoms with van der Waals surface area (Å²) in [7, 11) is 0. The molecule has 2 nitrogen and oxygen atoms in total. The minimum Gasteiger partial charge on any atom is -0.393 e. The highest BCUT2D eigenvalue weighted by Crippen LogP contribution is 2.59. The Hall–Kier alpha value is -0.860. The Bertz CT molecular complexity index is 670. The molecule has 0 heterocycles. The van der Waals surface area contributed by atoms with Crippen molar-refractivity contribution in [2.75, 3.05) is 0 Å². The number of aliphatic hydroxyl groups excluding tert-OH is 2. The lowest BCUT2D eigenvalue weighted by Crippen LogP contribution is -2.35. The maximum atomic E-state index is 10.2. The highest BCUT2D eigenvalue weighted by Gasteiger charge is 2.50. The number of hydrogen-bond donors (Lipinski definition) is 2. The number of hydrogen-bond acceptors (Lipinski definition) is 2. The molecule has 4 rings (SSSR count). The summed E-state index contributed by atoms with van der Waals surface area (Å²) in [6.07, 6.45) is 21.0. The Kier molecular flexibility index (Phi) is 6.42. The van der Waals surface area contributed by atoms with E-state index >= 15 is 0 Å². The molecular weight excluding hydrogens is 356 g/mol. The molecule has 0 spiro atoms. The number of aliphatic hydroxyl groups is 2. The molecule has 162 valence electrons. The van der Waals surface area contributed by atoms with Crippen LogP contribution in [-0.4, -0.2) is 22.4 Å². The summed E-state index contributed by atoms with van der Waals surface area (Å²) in [5.41, 5.74) is 3.51. The summed E-state index contributed by atoms with van der Waals surface area (Å²) in [6.45, 7) is 7.11. The van der Waals surface area contributed by atoms with E-state index in [9.17, 15) is 10.2 Å². The van der Waals surface area contributed by atoms with Gasteiger partial charge in [-0.3, -0.25) is 0 Å². The van der Waals surface area contributed by atoms with Crippen molar-refractivity contribution < 1.29 is 10.2 Å².